The zero-order chi connectivity index (χ0) is 13.5. The summed E-state index contributed by atoms with van der Waals surface area (Å²) in [7, 11) is 0. The van der Waals surface area contributed by atoms with Crippen LogP contribution in [0.15, 0.2) is 36.4 Å². The predicted octanol–water partition coefficient (Wildman–Crippen LogP) is 1.83. The van der Waals surface area contributed by atoms with E-state index in [1.54, 1.807) is 6.92 Å². The Morgan fingerprint density at radius 3 is 2.28 bits per heavy atom. The summed E-state index contributed by atoms with van der Waals surface area (Å²) in [6.45, 7) is 1.68. The van der Waals surface area contributed by atoms with Gasteiger partial charge in [-0.3, -0.25) is 9.59 Å². The normalized spacial score (nSPS) is 10.3. The van der Waals surface area contributed by atoms with Crippen molar-refractivity contribution in [3.05, 3.63) is 42.0 Å². The van der Waals surface area contributed by atoms with Crippen molar-refractivity contribution in [1.82, 2.24) is 0 Å². The second kappa shape index (κ2) is 6.34. The Bertz CT molecular complexity index is 485. The largest absolute Gasteiger partial charge is 0.478 e. The number of carbonyl (C=O) groups is 3. The van der Waals surface area contributed by atoms with E-state index in [1.165, 1.54) is 24.3 Å². The predicted molar refractivity (Wildman–Crippen MR) is 63.5 cm³/mol. The summed E-state index contributed by atoms with van der Waals surface area (Å²) in [6.07, 6.45) is 2.00. The molecule has 1 rings (SSSR count). The molecule has 1 N–H and O–H groups in total. The van der Waals surface area contributed by atoms with E-state index in [4.69, 9.17) is 9.84 Å². The molecule has 5 heteroatoms. The number of hydrogen-bond acceptors (Lipinski definition) is 4. The monoisotopic (exact) mass is 248 g/mol. The first-order valence-corrected chi connectivity index (χ1v) is 5.29. The van der Waals surface area contributed by atoms with E-state index in [9.17, 15) is 14.4 Å². The number of aliphatic carboxylic acids is 1. The van der Waals surface area contributed by atoms with E-state index in [2.05, 4.69) is 0 Å². The quantitative estimate of drug-likeness (QED) is 0.372. The van der Waals surface area contributed by atoms with Gasteiger partial charge in [-0.05, 0) is 30.3 Å². The van der Waals surface area contributed by atoms with Crippen LogP contribution in [0.2, 0.25) is 0 Å². The summed E-state index contributed by atoms with van der Waals surface area (Å²) >= 11 is 0. The second-order valence-electron chi connectivity index (χ2n) is 3.39. The Morgan fingerprint density at radius 1 is 1.17 bits per heavy atom. The van der Waals surface area contributed by atoms with Crippen molar-refractivity contribution in [2.75, 3.05) is 0 Å². The molecule has 1 aromatic rings. The van der Waals surface area contributed by atoms with Gasteiger partial charge in [0.15, 0.2) is 5.78 Å². The first kappa shape index (κ1) is 13.6. The van der Waals surface area contributed by atoms with Crippen LogP contribution in [0.4, 0.5) is 0 Å². The molecule has 0 bridgehead atoms. The average Bonchev–Trinajstić information content (AvgIpc) is 2.36. The molecule has 0 amide bonds. The Balaban J connectivity index is 2.73. The summed E-state index contributed by atoms with van der Waals surface area (Å²) < 4.78 is 4.93. The molecule has 18 heavy (non-hydrogen) atoms. The lowest BCUT2D eigenvalue weighted by atomic mass is 10.1. The van der Waals surface area contributed by atoms with Gasteiger partial charge in [0.1, 0.15) is 5.75 Å². The average molecular weight is 248 g/mol. The SMILES string of the molecule is CCC(=O)Oc1ccc(C(=O)C=CC(=O)O)cc1. The number of hydrogen-bond donors (Lipinski definition) is 1. The third-order valence-corrected chi connectivity index (χ3v) is 2.04. The van der Waals surface area contributed by atoms with Gasteiger partial charge >= 0.3 is 11.9 Å². The van der Waals surface area contributed by atoms with Gasteiger partial charge in [-0.1, -0.05) is 6.92 Å². The summed E-state index contributed by atoms with van der Waals surface area (Å²) in [4.78, 5) is 32.7. The number of carboxylic acids is 1. The van der Waals surface area contributed by atoms with Gasteiger partial charge in [-0.15, -0.1) is 0 Å². The molecule has 0 unspecified atom stereocenters. The van der Waals surface area contributed by atoms with E-state index >= 15 is 0 Å². The molecule has 0 saturated carbocycles. The van der Waals surface area contributed by atoms with Crippen molar-refractivity contribution in [3.8, 4) is 5.75 Å². The molecular weight excluding hydrogens is 236 g/mol. The van der Waals surface area contributed by atoms with Crippen LogP contribution >= 0.6 is 0 Å². The lowest BCUT2D eigenvalue weighted by molar-refractivity contribution is -0.134. The molecular formula is C13H12O5. The molecule has 1 aromatic carbocycles. The van der Waals surface area contributed by atoms with Crippen LogP contribution in [0.25, 0.3) is 0 Å². The van der Waals surface area contributed by atoms with Crippen molar-refractivity contribution in [1.29, 1.82) is 0 Å². The second-order valence-corrected chi connectivity index (χ2v) is 3.39. The van der Waals surface area contributed by atoms with Crippen LogP contribution in [0.3, 0.4) is 0 Å². The van der Waals surface area contributed by atoms with Crippen molar-refractivity contribution in [2.24, 2.45) is 0 Å². The highest BCUT2D eigenvalue weighted by Gasteiger charge is 2.05. The number of ether oxygens (including phenoxy) is 1. The summed E-state index contributed by atoms with van der Waals surface area (Å²) in [5.74, 6) is -1.62. The summed E-state index contributed by atoms with van der Waals surface area (Å²) in [5, 5.41) is 8.38. The minimum absolute atomic E-state index is 0.266. The molecule has 0 aliphatic heterocycles. The molecule has 0 heterocycles. The smallest absolute Gasteiger partial charge is 0.328 e. The Kier molecular flexibility index (Phi) is 4.80. The molecule has 0 aliphatic rings. The molecule has 0 saturated heterocycles. The van der Waals surface area contributed by atoms with Crippen molar-refractivity contribution < 1.29 is 24.2 Å². The maximum atomic E-state index is 11.5. The van der Waals surface area contributed by atoms with Crippen LogP contribution in [-0.2, 0) is 9.59 Å². The van der Waals surface area contributed by atoms with Crippen molar-refractivity contribution in [3.63, 3.8) is 0 Å². The fourth-order valence-electron chi connectivity index (χ4n) is 1.13. The molecule has 0 fully saturated rings. The third-order valence-electron chi connectivity index (χ3n) is 2.04. The lowest BCUT2D eigenvalue weighted by Crippen LogP contribution is -2.05. The van der Waals surface area contributed by atoms with E-state index in [0.717, 1.165) is 12.2 Å². The highest BCUT2D eigenvalue weighted by atomic mass is 16.5. The number of ketones is 1. The fourth-order valence-corrected chi connectivity index (χ4v) is 1.13. The summed E-state index contributed by atoms with van der Waals surface area (Å²) in [5.41, 5.74) is 0.323. The maximum Gasteiger partial charge on any atom is 0.328 e. The van der Waals surface area contributed by atoms with Gasteiger partial charge in [0.05, 0.1) is 0 Å². The zero-order valence-corrected chi connectivity index (χ0v) is 9.75. The standard InChI is InChI=1S/C13H12O5/c1-2-13(17)18-10-5-3-9(4-6-10)11(14)7-8-12(15)16/h3-8H,2H2,1H3,(H,15,16). The number of allylic oxidation sites excluding steroid dienone is 1. The van der Waals surface area contributed by atoms with Crippen LogP contribution < -0.4 is 4.74 Å². The van der Waals surface area contributed by atoms with Gasteiger partial charge in [0.25, 0.3) is 0 Å². The number of rotatable bonds is 5. The van der Waals surface area contributed by atoms with Crippen LogP contribution in [0.5, 0.6) is 5.75 Å². The highest BCUT2D eigenvalue weighted by molar-refractivity contribution is 6.06. The zero-order valence-electron chi connectivity index (χ0n) is 9.75. The summed E-state index contributed by atoms with van der Waals surface area (Å²) in [6, 6.07) is 5.89. The molecule has 0 aromatic heterocycles. The van der Waals surface area contributed by atoms with Crippen LogP contribution in [-0.4, -0.2) is 22.8 Å². The Morgan fingerprint density at radius 2 is 1.78 bits per heavy atom. The minimum Gasteiger partial charge on any atom is -0.478 e. The maximum absolute atomic E-state index is 11.5. The van der Waals surface area contributed by atoms with E-state index in [1.807, 2.05) is 0 Å². The topological polar surface area (TPSA) is 80.7 Å². The van der Waals surface area contributed by atoms with Gasteiger partial charge in [0.2, 0.25) is 0 Å². The van der Waals surface area contributed by atoms with E-state index < -0.39 is 11.8 Å². The van der Waals surface area contributed by atoms with E-state index in [-0.39, 0.29) is 12.4 Å². The molecule has 0 spiro atoms. The van der Waals surface area contributed by atoms with Gasteiger partial charge in [-0.25, -0.2) is 4.79 Å². The van der Waals surface area contributed by atoms with E-state index in [0.29, 0.717) is 11.3 Å². The van der Waals surface area contributed by atoms with Crippen LogP contribution in [0.1, 0.15) is 23.7 Å². The Hall–Kier alpha value is -2.43. The Labute approximate surface area is 104 Å². The van der Waals surface area contributed by atoms with Gasteiger partial charge in [0, 0.05) is 18.1 Å². The third kappa shape index (κ3) is 4.21. The first-order valence-electron chi connectivity index (χ1n) is 5.29. The van der Waals surface area contributed by atoms with Crippen molar-refractivity contribution in [2.45, 2.75) is 13.3 Å². The number of carbonyl (C=O) groups excluding carboxylic acids is 2. The molecule has 0 atom stereocenters. The molecule has 94 valence electrons. The fraction of sp³-hybridized carbons (Fsp3) is 0.154. The number of benzene rings is 1. The number of carboxylic acid groups (broad SMARTS) is 1. The first-order chi connectivity index (χ1) is 8.52. The van der Waals surface area contributed by atoms with Crippen molar-refractivity contribution >= 4 is 17.7 Å². The minimum atomic E-state index is -1.18. The van der Waals surface area contributed by atoms with Gasteiger partial charge < -0.3 is 9.84 Å². The van der Waals surface area contributed by atoms with Crippen LogP contribution in [0, 0.1) is 0 Å². The molecule has 0 aliphatic carbocycles. The molecule has 5 nitrogen and oxygen atoms in total. The number of esters is 1. The molecule has 0 radical (unpaired) electrons. The highest BCUT2D eigenvalue weighted by Crippen LogP contribution is 2.13. The van der Waals surface area contributed by atoms with Gasteiger partial charge in [-0.2, -0.15) is 0 Å². The lowest BCUT2D eigenvalue weighted by Gasteiger charge is -2.02.